The Morgan fingerprint density at radius 1 is 1.55 bits per heavy atom. The van der Waals surface area contributed by atoms with Crippen molar-refractivity contribution < 1.29 is 14.4 Å². The third-order valence-corrected chi connectivity index (χ3v) is 2.40. The number of guanidine groups is 1. The summed E-state index contributed by atoms with van der Waals surface area (Å²) in [5, 5.41) is 7.10. The second-order valence-corrected chi connectivity index (χ2v) is 3.66. The Hall–Kier alpha value is -0.580. The molecule has 1 aliphatic heterocycles. The summed E-state index contributed by atoms with van der Waals surface area (Å²) in [5.41, 5.74) is 0. The molecule has 2 radical (unpaired) electrons. The van der Waals surface area contributed by atoms with Crippen molar-refractivity contribution in [1.82, 2.24) is 9.57 Å². The first-order valence-corrected chi connectivity index (χ1v) is 4.44. The lowest BCUT2D eigenvalue weighted by atomic mass is 10.7. The second-order valence-electron chi connectivity index (χ2n) is 2.15. The van der Waals surface area contributed by atoms with Gasteiger partial charge in [-0.3, -0.25) is 5.41 Å². The molecule has 0 unspecified atom stereocenters. The van der Waals surface area contributed by atoms with Crippen molar-refractivity contribution in [1.29, 1.82) is 5.41 Å². The first-order chi connectivity index (χ1) is 4.93. The Morgan fingerprint density at radius 3 is 2.27 bits per heavy atom. The van der Waals surface area contributed by atoms with E-state index in [0.29, 0.717) is 4.67 Å². The zero-order valence-electron chi connectivity index (χ0n) is 5.64. The van der Waals surface area contributed by atoms with Gasteiger partial charge in [-0.1, -0.05) is 0 Å². The molecule has 1 fully saturated rings. The number of rotatable bonds is 1. The van der Waals surface area contributed by atoms with E-state index in [9.17, 15) is 4.57 Å². The van der Waals surface area contributed by atoms with Crippen LogP contribution in [0.25, 0.3) is 0 Å². The summed E-state index contributed by atoms with van der Waals surface area (Å²) in [5.74, 6) is -0.335. The fourth-order valence-corrected chi connectivity index (χ4v) is 1.53. The third-order valence-electron chi connectivity index (χ3n) is 1.38. The highest BCUT2D eigenvalue weighted by atomic mass is 31.2. The summed E-state index contributed by atoms with van der Waals surface area (Å²) >= 11 is 0. The highest BCUT2D eigenvalue weighted by molar-refractivity contribution is 7.50. The standard InChI is InChI=1S/C4H8N3O3P/c1-6-2-3-7(4(6)5)11(8,9)10/h1,5H,2-3H2,(H2,8,9,10). The average Bonchev–Trinajstić information content (AvgIpc) is 2.11. The van der Waals surface area contributed by atoms with Crippen molar-refractivity contribution in [3.05, 3.63) is 7.05 Å². The molecule has 6 nitrogen and oxygen atoms in total. The summed E-state index contributed by atoms with van der Waals surface area (Å²) < 4.78 is 11.2. The minimum absolute atomic E-state index is 0.0968. The molecule has 1 saturated heterocycles. The molecule has 0 aliphatic carbocycles. The molecular weight excluding hydrogens is 169 g/mol. The van der Waals surface area contributed by atoms with Crippen LogP contribution in [0.1, 0.15) is 0 Å². The first-order valence-electron chi connectivity index (χ1n) is 2.87. The molecule has 1 rings (SSSR count). The molecule has 7 heteroatoms. The van der Waals surface area contributed by atoms with Crippen molar-refractivity contribution in [2.24, 2.45) is 0 Å². The molecule has 0 aromatic heterocycles. The predicted molar refractivity (Wildman–Crippen MR) is 37.5 cm³/mol. The average molecular weight is 177 g/mol. The molecule has 11 heavy (non-hydrogen) atoms. The van der Waals surface area contributed by atoms with E-state index in [-0.39, 0.29) is 19.0 Å². The van der Waals surface area contributed by atoms with Crippen LogP contribution in [0.3, 0.4) is 0 Å². The van der Waals surface area contributed by atoms with E-state index in [1.54, 1.807) is 0 Å². The topological polar surface area (TPSA) is 87.9 Å². The van der Waals surface area contributed by atoms with Gasteiger partial charge in [0.25, 0.3) is 0 Å². The lowest BCUT2D eigenvalue weighted by molar-refractivity contribution is 0.323. The zero-order valence-corrected chi connectivity index (χ0v) is 6.53. The molecule has 0 amide bonds. The maximum atomic E-state index is 10.6. The van der Waals surface area contributed by atoms with Crippen molar-refractivity contribution in [3.63, 3.8) is 0 Å². The van der Waals surface area contributed by atoms with Crippen molar-refractivity contribution >= 4 is 13.7 Å². The molecule has 0 aromatic rings. The molecule has 0 atom stereocenters. The smallest absolute Gasteiger partial charge is 0.334 e. The summed E-state index contributed by atoms with van der Waals surface area (Å²) in [7, 11) is 0.869. The van der Waals surface area contributed by atoms with E-state index >= 15 is 0 Å². The lowest BCUT2D eigenvalue weighted by Crippen LogP contribution is -2.26. The van der Waals surface area contributed by atoms with E-state index in [1.165, 1.54) is 0 Å². The van der Waals surface area contributed by atoms with Crippen LogP contribution >= 0.6 is 7.75 Å². The van der Waals surface area contributed by atoms with E-state index < -0.39 is 7.75 Å². The Bertz CT molecular complexity index is 225. The molecule has 1 aliphatic rings. The third kappa shape index (κ3) is 1.53. The summed E-state index contributed by atoms with van der Waals surface area (Å²) in [6, 6.07) is 0. The molecular formula is C4H8N3O3P. The second kappa shape index (κ2) is 2.48. The number of hydrogen-bond donors (Lipinski definition) is 3. The Balaban J connectivity index is 2.78. The maximum absolute atomic E-state index is 10.6. The zero-order chi connectivity index (χ0) is 8.65. The van der Waals surface area contributed by atoms with Crippen LogP contribution in [0.15, 0.2) is 0 Å². The van der Waals surface area contributed by atoms with Gasteiger partial charge in [0.15, 0.2) is 0 Å². The molecule has 0 aromatic carbocycles. The van der Waals surface area contributed by atoms with E-state index in [2.05, 4.69) is 0 Å². The van der Waals surface area contributed by atoms with Crippen molar-refractivity contribution in [2.75, 3.05) is 13.1 Å². The van der Waals surface area contributed by atoms with Crippen LogP contribution in [0.5, 0.6) is 0 Å². The van der Waals surface area contributed by atoms with Crippen LogP contribution in [0.4, 0.5) is 0 Å². The Labute approximate surface area is 64.1 Å². The summed E-state index contributed by atoms with van der Waals surface area (Å²) in [6.45, 7) is 0.365. The number of hydrogen-bond acceptors (Lipinski definition) is 2. The van der Waals surface area contributed by atoms with E-state index in [1.807, 2.05) is 0 Å². The van der Waals surface area contributed by atoms with E-state index in [0.717, 1.165) is 4.90 Å². The summed E-state index contributed by atoms with van der Waals surface area (Å²) in [6.07, 6.45) is 0. The van der Waals surface area contributed by atoms with Crippen LogP contribution in [0.2, 0.25) is 0 Å². The van der Waals surface area contributed by atoms with Gasteiger partial charge in [-0.2, -0.15) is 0 Å². The van der Waals surface area contributed by atoms with Gasteiger partial charge in [0.1, 0.15) is 0 Å². The molecule has 0 bridgehead atoms. The molecule has 3 N–H and O–H groups in total. The largest absolute Gasteiger partial charge is 0.432 e. The van der Waals surface area contributed by atoms with Gasteiger partial charge >= 0.3 is 7.75 Å². The van der Waals surface area contributed by atoms with Crippen LogP contribution in [-0.4, -0.2) is 38.4 Å². The predicted octanol–water partition coefficient (Wildman–Crippen LogP) is -0.700. The number of nitrogens with zero attached hydrogens (tertiary/aromatic N) is 2. The van der Waals surface area contributed by atoms with Gasteiger partial charge in [-0.05, 0) is 0 Å². The Kier molecular flexibility index (Phi) is 1.92. The number of nitrogens with one attached hydrogen (secondary N) is 1. The van der Waals surface area contributed by atoms with Crippen LogP contribution in [-0.2, 0) is 4.57 Å². The maximum Gasteiger partial charge on any atom is 0.432 e. The van der Waals surface area contributed by atoms with Crippen molar-refractivity contribution in [2.45, 2.75) is 0 Å². The van der Waals surface area contributed by atoms with Gasteiger partial charge in [0.05, 0.1) is 7.05 Å². The van der Waals surface area contributed by atoms with Crippen LogP contribution < -0.4 is 0 Å². The highest BCUT2D eigenvalue weighted by Crippen LogP contribution is 2.41. The fourth-order valence-electron chi connectivity index (χ4n) is 0.816. The fraction of sp³-hybridized carbons (Fsp3) is 0.500. The van der Waals surface area contributed by atoms with E-state index in [4.69, 9.17) is 22.2 Å². The first kappa shape index (κ1) is 8.52. The Morgan fingerprint density at radius 2 is 2.09 bits per heavy atom. The monoisotopic (exact) mass is 177 g/mol. The van der Waals surface area contributed by atoms with Gasteiger partial charge in [-0.15, -0.1) is 0 Å². The molecule has 62 valence electrons. The SMILES string of the molecule is [CH]N1CCN(P(=O)(O)O)C1=N. The molecule has 0 saturated carbocycles. The molecule has 1 heterocycles. The van der Waals surface area contributed by atoms with Gasteiger partial charge in [-0.25, -0.2) is 9.24 Å². The van der Waals surface area contributed by atoms with Gasteiger partial charge in [0, 0.05) is 13.1 Å². The quantitative estimate of drug-likeness (QED) is 0.461. The highest BCUT2D eigenvalue weighted by Gasteiger charge is 2.34. The minimum atomic E-state index is -4.32. The van der Waals surface area contributed by atoms with Gasteiger partial charge in [0.2, 0.25) is 5.96 Å². The lowest BCUT2D eigenvalue weighted by Gasteiger charge is -2.18. The van der Waals surface area contributed by atoms with Crippen molar-refractivity contribution in [3.8, 4) is 0 Å². The normalized spacial score (nSPS) is 19.7. The van der Waals surface area contributed by atoms with Crippen LogP contribution in [0, 0.1) is 12.5 Å². The van der Waals surface area contributed by atoms with Gasteiger partial charge < -0.3 is 14.7 Å². The molecule has 0 spiro atoms. The minimum Gasteiger partial charge on any atom is -0.334 e. The summed E-state index contributed by atoms with van der Waals surface area (Å²) in [4.78, 5) is 18.2.